The number of rotatable bonds is 6. The third kappa shape index (κ3) is 4.22. The molecule has 1 aliphatic heterocycles. The van der Waals surface area contributed by atoms with Crippen LogP contribution in [0.25, 0.3) is 0 Å². The topological polar surface area (TPSA) is 49.4 Å². The lowest BCUT2D eigenvalue weighted by Gasteiger charge is -2.28. The molecule has 0 bridgehead atoms. The first kappa shape index (κ1) is 13.8. The summed E-state index contributed by atoms with van der Waals surface area (Å²) in [6.07, 6.45) is 0.889. The van der Waals surface area contributed by atoms with Gasteiger partial charge in [-0.25, -0.2) is 4.98 Å². The lowest BCUT2D eigenvalue weighted by atomic mass is 10.3. The van der Waals surface area contributed by atoms with Gasteiger partial charge < -0.3 is 20.3 Å². The molecule has 1 aromatic rings. The van der Waals surface area contributed by atoms with Crippen LogP contribution in [0.3, 0.4) is 0 Å². The van der Waals surface area contributed by atoms with Gasteiger partial charge in [0.1, 0.15) is 11.6 Å². The fraction of sp³-hybridized carbons (Fsp3) is 0.500. The van der Waals surface area contributed by atoms with Gasteiger partial charge in [-0.05, 0) is 25.6 Å². The highest BCUT2D eigenvalue weighted by molar-refractivity contribution is 5.49. The highest BCUT2D eigenvalue weighted by Gasteiger charge is 2.12. The van der Waals surface area contributed by atoms with E-state index < -0.39 is 0 Å². The maximum Gasteiger partial charge on any atom is 0.132 e. The van der Waals surface area contributed by atoms with Crippen LogP contribution in [0.5, 0.6) is 0 Å². The molecular weight excluding hydrogens is 240 g/mol. The van der Waals surface area contributed by atoms with E-state index in [-0.39, 0.29) is 0 Å². The second-order valence-electron chi connectivity index (χ2n) is 4.56. The average molecular weight is 262 g/mol. The van der Waals surface area contributed by atoms with Crippen LogP contribution >= 0.6 is 0 Å². The van der Waals surface area contributed by atoms with Gasteiger partial charge in [-0.3, -0.25) is 0 Å². The molecule has 1 aliphatic rings. The first-order chi connectivity index (χ1) is 9.29. The summed E-state index contributed by atoms with van der Waals surface area (Å²) in [7, 11) is 1.94. The molecule has 1 saturated heterocycles. The van der Waals surface area contributed by atoms with Gasteiger partial charge in [-0.15, -0.1) is 0 Å². The predicted molar refractivity (Wildman–Crippen MR) is 78.6 cm³/mol. The first-order valence-electron chi connectivity index (χ1n) is 6.69. The minimum atomic E-state index is 0.772. The molecule has 0 spiro atoms. The Morgan fingerprint density at radius 2 is 2.21 bits per heavy atom. The molecule has 0 aliphatic carbocycles. The number of hydrogen-bond donors (Lipinski definition) is 2. The van der Waals surface area contributed by atoms with Crippen molar-refractivity contribution in [3.05, 3.63) is 30.5 Å². The summed E-state index contributed by atoms with van der Waals surface area (Å²) in [5.74, 6) is 1.85. The van der Waals surface area contributed by atoms with Gasteiger partial charge in [0.2, 0.25) is 0 Å². The molecule has 2 heterocycles. The third-order valence-corrected chi connectivity index (χ3v) is 3.05. The van der Waals surface area contributed by atoms with Crippen LogP contribution in [-0.2, 0) is 4.74 Å². The quantitative estimate of drug-likeness (QED) is 0.812. The Kier molecular flexibility index (Phi) is 5.18. The lowest BCUT2D eigenvalue weighted by molar-refractivity contribution is 0.122. The lowest BCUT2D eigenvalue weighted by Crippen LogP contribution is -2.36. The van der Waals surface area contributed by atoms with Crippen molar-refractivity contribution in [2.24, 2.45) is 0 Å². The molecular formula is C14H22N4O. The Bertz CT molecular complexity index is 416. The largest absolute Gasteiger partial charge is 0.378 e. The Morgan fingerprint density at radius 1 is 1.42 bits per heavy atom. The highest BCUT2D eigenvalue weighted by Crippen LogP contribution is 2.16. The number of hydrogen-bond acceptors (Lipinski definition) is 5. The monoisotopic (exact) mass is 262 g/mol. The average Bonchev–Trinajstić information content (AvgIpc) is 2.46. The van der Waals surface area contributed by atoms with Crippen molar-refractivity contribution >= 4 is 11.6 Å². The standard InChI is InChI=1S/C14H22N4O/c1-12(6-7-15-2)16-13-4-3-5-14(17-13)18-8-10-19-11-9-18/h3-5,15H,1,6-11H2,2H3,(H,16,17). The van der Waals surface area contributed by atoms with Gasteiger partial charge in [0.25, 0.3) is 0 Å². The second kappa shape index (κ2) is 7.11. The van der Waals surface area contributed by atoms with Crippen molar-refractivity contribution < 1.29 is 4.74 Å². The number of anilines is 2. The van der Waals surface area contributed by atoms with E-state index in [1.165, 1.54) is 0 Å². The number of nitrogens with zero attached hydrogens (tertiary/aromatic N) is 2. The van der Waals surface area contributed by atoms with Gasteiger partial charge in [0, 0.05) is 25.3 Å². The summed E-state index contributed by atoms with van der Waals surface area (Å²) in [5, 5.41) is 6.36. The van der Waals surface area contributed by atoms with E-state index in [4.69, 9.17) is 4.74 Å². The van der Waals surface area contributed by atoms with Crippen molar-refractivity contribution in [1.82, 2.24) is 10.3 Å². The SMILES string of the molecule is C=C(CCNC)Nc1cccc(N2CCOCC2)n1. The van der Waals surface area contributed by atoms with Crippen LogP contribution in [-0.4, -0.2) is 44.9 Å². The molecule has 2 N–H and O–H groups in total. The molecule has 0 radical (unpaired) electrons. The second-order valence-corrected chi connectivity index (χ2v) is 4.56. The van der Waals surface area contributed by atoms with Crippen LogP contribution in [0, 0.1) is 0 Å². The van der Waals surface area contributed by atoms with E-state index in [9.17, 15) is 0 Å². The Balaban J connectivity index is 1.96. The molecule has 5 heteroatoms. The molecule has 104 valence electrons. The number of pyridine rings is 1. The van der Waals surface area contributed by atoms with Gasteiger partial charge in [0.15, 0.2) is 0 Å². The highest BCUT2D eigenvalue weighted by atomic mass is 16.5. The number of nitrogens with one attached hydrogen (secondary N) is 2. The normalized spacial score (nSPS) is 15.3. The number of morpholine rings is 1. The maximum atomic E-state index is 5.35. The molecule has 0 atom stereocenters. The Morgan fingerprint density at radius 3 is 2.95 bits per heavy atom. The van der Waals surface area contributed by atoms with Gasteiger partial charge in [0.05, 0.1) is 13.2 Å². The van der Waals surface area contributed by atoms with Gasteiger partial charge >= 0.3 is 0 Å². The number of aromatic nitrogens is 1. The smallest absolute Gasteiger partial charge is 0.132 e. The zero-order chi connectivity index (χ0) is 13.5. The molecule has 19 heavy (non-hydrogen) atoms. The van der Waals surface area contributed by atoms with Crippen LogP contribution in [0.1, 0.15) is 6.42 Å². The third-order valence-electron chi connectivity index (χ3n) is 3.05. The fourth-order valence-corrected chi connectivity index (χ4v) is 1.98. The van der Waals surface area contributed by atoms with Crippen LogP contribution < -0.4 is 15.5 Å². The first-order valence-corrected chi connectivity index (χ1v) is 6.69. The molecule has 0 amide bonds. The van der Waals surface area contributed by atoms with E-state index in [1.54, 1.807) is 0 Å². The summed E-state index contributed by atoms with van der Waals surface area (Å²) < 4.78 is 5.35. The summed E-state index contributed by atoms with van der Waals surface area (Å²) in [6.45, 7) is 8.26. The summed E-state index contributed by atoms with van der Waals surface area (Å²) >= 11 is 0. The maximum absolute atomic E-state index is 5.35. The van der Waals surface area contributed by atoms with Crippen LogP contribution in [0.15, 0.2) is 30.5 Å². The molecule has 2 rings (SSSR count). The summed E-state index contributed by atoms with van der Waals surface area (Å²) in [4.78, 5) is 6.86. The van der Waals surface area contributed by atoms with E-state index in [2.05, 4.69) is 27.1 Å². The minimum absolute atomic E-state index is 0.772. The Hall–Kier alpha value is -1.59. The molecule has 0 unspecified atom stereocenters. The minimum Gasteiger partial charge on any atom is -0.378 e. The van der Waals surface area contributed by atoms with Crippen molar-refractivity contribution in [1.29, 1.82) is 0 Å². The molecule has 0 saturated carbocycles. The van der Waals surface area contributed by atoms with Gasteiger partial charge in [-0.1, -0.05) is 12.6 Å². The predicted octanol–water partition coefficient (Wildman–Crippen LogP) is 1.45. The van der Waals surface area contributed by atoms with Crippen LogP contribution in [0.2, 0.25) is 0 Å². The van der Waals surface area contributed by atoms with E-state index in [0.29, 0.717) is 0 Å². The van der Waals surface area contributed by atoms with Crippen molar-refractivity contribution in [2.45, 2.75) is 6.42 Å². The zero-order valence-electron chi connectivity index (χ0n) is 11.5. The van der Waals surface area contributed by atoms with E-state index in [0.717, 1.165) is 56.6 Å². The van der Waals surface area contributed by atoms with Gasteiger partial charge in [-0.2, -0.15) is 0 Å². The Labute approximate surface area is 114 Å². The zero-order valence-corrected chi connectivity index (χ0v) is 11.5. The summed E-state index contributed by atoms with van der Waals surface area (Å²) in [6, 6.07) is 6.02. The van der Waals surface area contributed by atoms with E-state index in [1.807, 2.05) is 25.2 Å². The van der Waals surface area contributed by atoms with Crippen molar-refractivity contribution in [3.63, 3.8) is 0 Å². The number of ether oxygens (including phenoxy) is 1. The van der Waals surface area contributed by atoms with Crippen LogP contribution in [0.4, 0.5) is 11.6 Å². The van der Waals surface area contributed by atoms with E-state index >= 15 is 0 Å². The molecule has 1 aromatic heterocycles. The molecule has 1 fully saturated rings. The van der Waals surface area contributed by atoms with Crippen molar-refractivity contribution in [3.8, 4) is 0 Å². The molecule has 0 aromatic carbocycles. The fourth-order valence-electron chi connectivity index (χ4n) is 1.98. The molecule has 5 nitrogen and oxygen atoms in total. The summed E-state index contributed by atoms with van der Waals surface area (Å²) in [5.41, 5.74) is 0.973. The van der Waals surface area contributed by atoms with Crippen molar-refractivity contribution in [2.75, 3.05) is 50.1 Å².